The minimum Gasteiger partial charge on any atom is -0.456 e. The molecule has 0 unspecified atom stereocenters. The second-order valence-electron chi connectivity index (χ2n) is 11.2. The molecule has 45 heavy (non-hydrogen) atoms. The van der Waals surface area contributed by atoms with Gasteiger partial charge in [-0.1, -0.05) is 127 Å². The first-order chi connectivity index (χ1) is 22.3. The van der Waals surface area contributed by atoms with Crippen LogP contribution in [0.15, 0.2) is 156 Å². The van der Waals surface area contributed by atoms with Crippen LogP contribution in [0.3, 0.4) is 0 Å². The van der Waals surface area contributed by atoms with Crippen molar-refractivity contribution < 1.29 is 4.42 Å². The highest BCUT2D eigenvalue weighted by molar-refractivity contribution is 6.15. The van der Waals surface area contributed by atoms with E-state index in [-0.39, 0.29) is 0 Å². The largest absolute Gasteiger partial charge is 0.456 e. The summed E-state index contributed by atoms with van der Waals surface area (Å²) in [5.41, 5.74) is 6.54. The summed E-state index contributed by atoms with van der Waals surface area (Å²) in [4.78, 5) is 15.4. The molecule has 0 aliphatic heterocycles. The lowest BCUT2D eigenvalue weighted by atomic mass is 9.94. The maximum atomic E-state index is 6.35. The molecule has 0 fully saturated rings. The topological polar surface area (TPSA) is 51.8 Å². The van der Waals surface area contributed by atoms with Gasteiger partial charge in [0.15, 0.2) is 17.5 Å². The van der Waals surface area contributed by atoms with E-state index in [0.29, 0.717) is 17.5 Å². The van der Waals surface area contributed by atoms with Crippen LogP contribution in [0, 0.1) is 0 Å². The van der Waals surface area contributed by atoms with Crippen molar-refractivity contribution in [2.45, 2.75) is 0 Å². The Kier molecular flexibility index (Phi) is 5.78. The molecule has 0 amide bonds. The zero-order chi connectivity index (χ0) is 29.7. The SMILES string of the molecule is c1ccc(-c2nc(-c3ccc4c(ccc5ccccc54)c3)nc(-c3c(-c4ccccc4)ccc4oc5ccccc5c34)n2)cc1. The van der Waals surface area contributed by atoms with Crippen LogP contribution in [0.5, 0.6) is 0 Å². The van der Waals surface area contributed by atoms with Crippen molar-refractivity contribution in [3.05, 3.63) is 152 Å². The number of nitrogens with zero attached hydrogens (tertiary/aromatic N) is 3. The summed E-state index contributed by atoms with van der Waals surface area (Å²) in [6.07, 6.45) is 0. The number of hydrogen-bond donors (Lipinski definition) is 0. The van der Waals surface area contributed by atoms with Gasteiger partial charge in [-0.15, -0.1) is 0 Å². The van der Waals surface area contributed by atoms with E-state index in [2.05, 4.69) is 97.1 Å². The maximum absolute atomic E-state index is 6.35. The van der Waals surface area contributed by atoms with E-state index in [4.69, 9.17) is 19.4 Å². The summed E-state index contributed by atoms with van der Waals surface area (Å²) < 4.78 is 6.35. The zero-order valence-electron chi connectivity index (χ0n) is 24.2. The molecule has 4 heteroatoms. The summed E-state index contributed by atoms with van der Waals surface area (Å²) in [5, 5.41) is 6.82. The first kappa shape index (κ1) is 25.4. The summed E-state index contributed by atoms with van der Waals surface area (Å²) in [7, 11) is 0. The van der Waals surface area contributed by atoms with Gasteiger partial charge in [0.05, 0.1) is 0 Å². The van der Waals surface area contributed by atoms with Crippen LogP contribution in [0.4, 0.5) is 0 Å². The molecule has 0 aliphatic rings. The summed E-state index contributed by atoms with van der Waals surface area (Å²) in [5.74, 6) is 1.85. The lowest BCUT2D eigenvalue weighted by molar-refractivity contribution is 0.669. The Labute approximate surface area is 259 Å². The van der Waals surface area contributed by atoms with Gasteiger partial charge in [-0.05, 0) is 56.9 Å². The lowest BCUT2D eigenvalue weighted by Crippen LogP contribution is -2.01. The first-order valence-electron chi connectivity index (χ1n) is 15.0. The van der Waals surface area contributed by atoms with Gasteiger partial charge in [0.1, 0.15) is 11.2 Å². The maximum Gasteiger partial charge on any atom is 0.165 e. The minimum absolute atomic E-state index is 0.605. The van der Waals surface area contributed by atoms with E-state index in [1.54, 1.807) is 0 Å². The molecule has 2 aromatic heterocycles. The molecular formula is C41H25N3O. The third-order valence-electron chi connectivity index (χ3n) is 8.52. The minimum atomic E-state index is 0.605. The van der Waals surface area contributed by atoms with Gasteiger partial charge in [0.25, 0.3) is 0 Å². The molecule has 0 saturated carbocycles. The van der Waals surface area contributed by atoms with E-state index in [1.807, 2.05) is 54.6 Å². The van der Waals surface area contributed by atoms with Crippen molar-refractivity contribution in [1.82, 2.24) is 15.0 Å². The van der Waals surface area contributed by atoms with Gasteiger partial charge in [-0.25, -0.2) is 15.0 Å². The zero-order valence-corrected chi connectivity index (χ0v) is 24.2. The lowest BCUT2D eigenvalue weighted by Gasteiger charge is -2.14. The van der Waals surface area contributed by atoms with Crippen molar-refractivity contribution in [3.8, 4) is 45.3 Å². The molecule has 0 atom stereocenters. The highest BCUT2D eigenvalue weighted by Crippen LogP contribution is 2.42. The smallest absolute Gasteiger partial charge is 0.165 e. The molecular weight excluding hydrogens is 550 g/mol. The van der Waals surface area contributed by atoms with Gasteiger partial charge in [0, 0.05) is 27.5 Å². The second kappa shape index (κ2) is 10.2. The number of benzene rings is 7. The Morgan fingerprint density at radius 2 is 1.00 bits per heavy atom. The third-order valence-corrected chi connectivity index (χ3v) is 8.52. The van der Waals surface area contributed by atoms with E-state index < -0.39 is 0 Å². The van der Waals surface area contributed by atoms with Gasteiger partial charge < -0.3 is 4.42 Å². The fraction of sp³-hybridized carbons (Fsp3) is 0. The Morgan fingerprint density at radius 1 is 0.378 bits per heavy atom. The van der Waals surface area contributed by atoms with Crippen LogP contribution in [0.2, 0.25) is 0 Å². The predicted octanol–water partition coefficient (Wildman–Crippen LogP) is 10.7. The quantitative estimate of drug-likeness (QED) is 0.196. The van der Waals surface area contributed by atoms with Crippen LogP contribution in [0.1, 0.15) is 0 Å². The van der Waals surface area contributed by atoms with Crippen LogP contribution in [-0.4, -0.2) is 15.0 Å². The average Bonchev–Trinajstić information content (AvgIpc) is 3.50. The number of aromatic nitrogens is 3. The molecule has 0 aliphatic carbocycles. The normalized spacial score (nSPS) is 11.6. The number of rotatable bonds is 4. The van der Waals surface area contributed by atoms with Crippen LogP contribution in [-0.2, 0) is 0 Å². The highest BCUT2D eigenvalue weighted by Gasteiger charge is 2.22. The van der Waals surface area contributed by atoms with Gasteiger partial charge in [-0.3, -0.25) is 0 Å². The van der Waals surface area contributed by atoms with Gasteiger partial charge in [-0.2, -0.15) is 0 Å². The van der Waals surface area contributed by atoms with Crippen molar-refractivity contribution >= 4 is 43.5 Å². The summed E-state index contributed by atoms with van der Waals surface area (Å²) in [6.45, 7) is 0. The van der Waals surface area contributed by atoms with E-state index in [9.17, 15) is 0 Å². The molecule has 9 rings (SSSR count). The van der Waals surface area contributed by atoms with E-state index in [0.717, 1.165) is 55.1 Å². The molecule has 9 aromatic rings. The van der Waals surface area contributed by atoms with Crippen LogP contribution < -0.4 is 0 Å². The van der Waals surface area contributed by atoms with Gasteiger partial charge >= 0.3 is 0 Å². The second-order valence-corrected chi connectivity index (χ2v) is 11.2. The van der Waals surface area contributed by atoms with Crippen molar-refractivity contribution in [2.75, 3.05) is 0 Å². The highest BCUT2D eigenvalue weighted by atomic mass is 16.3. The number of hydrogen-bond acceptors (Lipinski definition) is 4. The first-order valence-corrected chi connectivity index (χ1v) is 15.0. The Morgan fingerprint density at radius 3 is 1.82 bits per heavy atom. The predicted molar refractivity (Wildman–Crippen MR) is 184 cm³/mol. The molecule has 0 N–H and O–H groups in total. The number of fused-ring (bicyclic) bond motifs is 6. The van der Waals surface area contributed by atoms with Crippen molar-refractivity contribution in [2.24, 2.45) is 0 Å². The Hall–Kier alpha value is -6.13. The van der Waals surface area contributed by atoms with Gasteiger partial charge in [0.2, 0.25) is 0 Å². The Bertz CT molecular complexity index is 2540. The fourth-order valence-electron chi connectivity index (χ4n) is 6.39. The molecule has 2 heterocycles. The summed E-state index contributed by atoms with van der Waals surface area (Å²) >= 11 is 0. The molecule has 0 saturated heterocycles. The summed E-state index contributed by atoms with van der Waals surface area (Å²) in [6, 6.07) is 52.2. The standard InChI is InChI=1S/C41H25N3O/c1-3-11-26(12-4-1)33-23-24-36-37(34-17-9-10-18-35(34)45-36)38(33)41-43-39(28-14-5-2-6-15-28)42-40(44-41)30-21-22-32-29(25-30)20-19-27-13-7-8-16-31(27)32/h1-25H. The number of para-hydroxylation sites is 1. The molecule has 0 bridgehead atoms. The fourth-order valence-corrected chi connectivity index (χ4v) is 6.39. The molecule has 210 valence electrons. The average molecular weight is 576 g/mol. The van der Waals surface area contributed by atoms with Crippen molar-refractivity contribution in [3.63, 3.8) is 0 Å². The van der Waals surface area contributed by atoms with E-state index >= 15 is 0 Å². The van der Waals surface area contributed by atoms with Crippen molar-refractivity contribution in [1.29, 1.82) is 0 Å². The number of furan rings is 1. The molecule has 4 nitrogen and oxygen atoms in total. The third kappa shape index (κ3) is 4.27. The molecule has 0 spiro atoms. The molecule has 0 radical (unpaired) electrons. The van der Waals surface area contributed by atoms with E-state index in [1.165, 1.54) is 16.2 Å². The molecule has 7 aromatic carbocycles. The van der Waals surface area contributed by atoms with Crippen LogP contribution in [0.25, 0.3) is 88.8 Å². The monoisotopic (exact) mass is 575 g/mol. The van der Waals surface area contributed by atoms with Crippen LogP contribution >= 0.6 is 0 Å². The Balaban J connectivity index is 1.35.